The summed E-state index contributed by atoms with van der Waals surface area (Å²) in [6, 6.07) is 8.83. The van der Waals surface area contributed by atoms with E-state index >= 15 is 0 Å². The van der Waals surface area contributed by atoms with Gasteiger partial charge in [-0.15, -0.1) is 0 Å². The fraction of sp³-hybridized carbons (Fsp3) is 0.167. The van der Waals surface area contributed by atoms with Crippen molar-refractivity contribution in [2.45, 2.75) is 12.7 Å². The number of pyridine rings is 1. The number of nitrogens with zero attached hydrogens (tertiary/aromatic N) is 1. The molecule has 0 saturated carbocycles. The first-order chi connectivity index (χ1) is 7.65. The van der Waals surface area contributed by atoms with Gasteiger partial charge in [-0.2, -0.15) is 0 Å². The molecule has 16 heavy (non-hydrogen) atoms. The van der Waals surface area contributed by atoms with E-state index in [2.05, 4.69) is 6.30 Å². The van der Waals surface area contributed by atoms with Crippen molar-refractivity contribution in [3.63, 3.8) is 0 Å². The lowest BCUT2D eigenvalue weighted by Gasteiger charge is -2.13. The molecule has 0 amide bonds. The second-order valence-electron chi connectivity index (χ2n) is 3.58. The quantitative estimate of drug-likeness (QED) is 0.810. The molecule has 1 atom stereocenters. The summed E-state index contributed by atoms with van der Waals surface area (Å²) in [5.41, 5.74) is -0.195. The predicted molar refractivity (Wildman–Crippen MR) is 68.6 cm³/mol. The molecule has 2 rings (SSSR count). The summed E-state index contributed by atoms with van der Waals surface area (Å²) in [7, 11) is 0.797. The van der Waals surface area contributed by atoms with E-state index in [9.17, 15) is 9.90 Å². The Labute approximate surface area is 94.8 Å². The Kier molecular flexibility index (Phi) is 2.80. The minimum absolute atomic E-state index is 0.0201. The molecular weight excluding hydrogens is 221 g/mol. The van der Waals surface area contributed by atoms with Crippen LogP contribution in [0.4, 0.5) is 0 Å². The van der Waals surface area contributed by atoms with Gasteiger partial charge in [-0.25, -0.2) is 0 Å². The number of aromatic hydroxyl groups is 1. The van der Waals surface area contributed by atoms with Crippen LogP contribution >= 0.6 is 8.20 Å². The monoisotopic (exact) mass is 233 g/mol. The molecule has 1 aromatic heterocycles. The normalized spacial score (nSPS) is 13.1. The highest BCUT2D eigenvalue weighted by Crippen LogP contribution is 2.28. The lowest BCUT2D eigenvalue weighted by atomic mass is 10.1. The first-order valence-corrected chi connectivity index (χ1v) is 6.09. The van der Waals surface area contributed by atoms with Gasteiger partial charge in [0.25, 0.3) is 5.56 Å². The Balaban J connectivity index is 2.86. The minimum Gasteiger partial charge on any atom is -0.494 e. The van der Waals surface area contributed by atoms with Gasteiger partial charge < -0.3 is 5.11 Å². The smallest absolute Gasteiger partial charge is 0.254 e. The largest absolute Gasteiger partial charge is 0.494 e. The number of aromatic nitrogens is 1. The summed E-state index contributed by atoms with van der Waals surface area (Å²) in [5.74, 6) is -0.108. The Hall–Kier alpha value is -1.60. The maximum absolute atomic E-state index is 11.8. The molecule has 1 heterocycles. The van der Waals surface area contributed by atoms with Gasteiger partial charge in [0.05, 0.1) is 5.78 Å². The topological polar surface area (TPSA) is 42.2 Å². The molecule has 0 spiro atoms. The van der Waals surface area contributed by atoms with Crippen molar-refractivity contribution < 1.29 is 5.11 Å². The van der Waals surface area contributed by atoms with Gasteiger partial charge in [-0.05, 0) is 18.4 Å². The highest BCUT2D eigenvalue weighted by Gasteiger charge is 2.11. The average Bonchev–Trinajstić information content (AvgIpc) is 2.28. The van der Waals surface area contributed by atoms with Crippen LogP contribution in [0.15, 0.2) is 35.1 Å². The van der Waals surface area contributed by atoms with Crippen LogP contribution in [0.3, 0.4) is 0 Å². The molecule has 0 aliphatic heterocycles. The molecule has 0 fully saturated rings. The zero-order chi connectivity index (χ0) is 11.7. The van der Waals surface area contributed by atoms with Crippen molar-refractivity contribution in [3.05, 3.63) is 40.7 Å². The standard InChI is InChI=1S/C12H12NO2P/c1-8(16-2)13-11(14)7-9-5-3-4-6-10(9)12(13)15/h3-8,15H,2H2,1H3. The fourth-order valence-electron chi connectivity index (χ4n) is 1.71. The molecule has 0 aliphatic carbocycles. The molecular formula is C12H12NO2P. The lowest BCUT2D eigenvalue weighted by Crippen LogP contribution is -2.19. The predicted octanol–water partition coefficient (Wildman–Crippen LogP) is 2.60. The van der Waals surface area contributed by atoms with Crippen molar-refractivity contribution in [1.29, 1.82) is 0 Å². The van der Waals surface area contributed by atoms with E-state index in [1.54, 1.807) is 6.07 Å². The van der Waals surface area contributed by atoms with Crippen LogP contribution in [0.25, 0.3) is 10.8 Å². The van der Waals surface area contributed by atoms with E-state index in [-0.39, 0.29) is 17.2 Å². The Morgan fingerprint density at radius 3 is 2.81 bits per heavy atom. The maximum atomic E-state index is 11.8. The molecule has 0 aliphatic rings. The van der Waals surface area contributed by atoms with Gasteiger partial charge in [0, 0.05) is 11.5 Å². The van der Waals surface area contributed by atoms with Crippen LogP contribution < -0.4 is 5.56 Å². The van der Waals surface area contributed by atoms with Gasteiger partial charge >= 0.3 is 0 Å². The molecule has 1 N–H and O–H groups in total. The molecule has 4 heteroatoms. The lowest BCUT2D eigenvalue weighted by molar-refractivity contribution is 0.416. The summed E-state index contributed by atoms with van der Waals surface area (Å²) in [6.07, 6.45) is 3.73. The maximum Gasteiger partial charge on any atom is 0.254 e. The van der Waals surface area contributed by atoms with Crippen molar-refractivity contribution >= 4 is 25.3 Å². The molecule has 2 aromatic rings. The zero-order valence-electron chi connectivity index (χ0n) is 8.92. The van der Waals surface area contributed by atoms with Crippen molar-refractivity contribution in [2.75, 3.05) is 0 Å². The number of hydrogen-bond acceptors (Lipinski definition) is 2. The first kappa shape index (κ1) is 10.9. The van der Waals surface area contributed by atoms with Gasteiger partial charge in [0.2, 0.25) is 5.88 Å². The second-order valence-corrected chi connectivity index (χ2v) is 4.69. The highest BCUT2D eigenvalue weighted by molar-refractivity contribution is 7.36. The molecule has 0 bridgehead atoms. The molecule has 1 aromatic carbocycles. The number of rotatable bonds is 2. The van der Waals surface area contributed by atoms with E-state index in [1.165, 1.54) is 10.6 Å². The van der Waals surface area contributed by atoms with Crippen LogP contribution in [-0.4, -0.2) is 16.0 Å². The summed E-state index contributed by atoms with van der Waals surface area (Å²) in [6.45, 7) is 1.85. The van der Waals surface area contributed by atoms with Crippen molar-refractivity contribution in [3.8, 4) is 5.88 Å². The second kappa shape index (κ2) is 4.11. The zero-order valence-corrected chi connectivity index (χ0v) is 9.82. The van der Waals surface area contributed by atoms with Crippen LogP contribution in [-0.2, 0) is 0 Å². The van der Waals surface area contributed by atoms with E-state index in [4.69, 9.17) is 0 Å². The van der Waals surface area contributed by atoms with E-state index in [1.807, 2.05) is 25.1 Å². The summed E-state index contributed by atoms with van der Waals surface area (Å²) >= 11 is 0. The molecule has 1 unspecified atom stereocenters. The first-order valence-electron chi connectivity index (χ1n) is 4.94. The molecule has 0 radical (unpaired) electrons. The van der Waals surface area contributed by atoms with Gasteiger partial charge in [-0.3, -0.25) is 9.36 Å². The van der Waals surface area contributed by atoms with E-state index in [0.717, 1.165) is 13.6 Å². The number of benzene rings is 1. The van der Waals surface area contributed by atoms with Crippen LogP contribution in [0.1, 0.15) is 12.7 Å². The molecule has 3 nitrogen and oxygen atoms in total. The Morgan fingerprint density at radius 1 is 1.44 bits per heavy atom. The summed E-state index contributed by atoms with van der Waals surface area (Å²) in [5, 5.41) is 11.5. The van der Waals surface area contributed by atoms with Crippen molar-refractivity contribution in [1.82, 2.24) is 4.57 Å². The third-order valence-electron chi connectivity index (χ3n) is 2.58. The van der Waals surface area contributed by atoms with Crippen LogP contribution in [0, 0.1) is 0 Å². The molecule has 82 valence electrons. The van der Waals surface area contributed by atoms with Gasteiger partial charge in [0.15, 0.2) is 0 Å². The highest BCUT2D eigenvalue weighted by atomic mass is 31.1. The fourth-order valence-corrected chi connectivity index (χ4v) is 2.09. The van der Waals surface area contributed by atoms with Gasteiger partial charge in [-0.1, -0.05) is 32.7 Å². The SMILES string of the molecule is C=PC(C)n1c(O)c2ccccc2cc1=O. The van der Waals surface area contributed by atoms with Crippen LogP contribution in [0.2, 0.25) is 0 Å². The Bertz CT molecular complexity index is 603. The summed E-state index contributed by atoms with van der Waals surface area (Å²) in [4.78, 5) is 11.8. The number of hydrogen-bond donors (Lipinski definition) is 1. The third kappa shape index (κ3) is 1.63. The number of fused-ring (bicyclic) bond motifs is 1. The molecule has 0 saturated heterocycles. The van der Waals surface area contributed by atoms with E-state index < -0.39 is 0 Å². The van der Waals surface area contributed by atoms with Crippen LogP contribution in [0.5, 0.6) is 5.88 Å². The summed E-state index contributed by atoms with van der Waals surface area (Å²) < 4.78 is 1.37. The minimum atomic E-state index is -0.195. The van der Waals surface area contributed by atoms with Crippen molar-refractivity contribution in [2.24, 2.45) is 0 Å². The van der Waals surface area contributed by atoms with E-state index in [0.29, 0.717) is 5.39 Å². The average molecular weight is 233 g/mol. The third-order valence-corrected chi connectivity index (χ3v) is 3.34. The Morgan fingerprint density at radius 2 is 2.12 bits per heavy atom. The van der Waals surface area contributed by atoms with Gasteiger partial charge in [0.1, 0.15) is 0 Å².